The molecule has 0 radical (unpaired) electrons. The van der Waals surface area contributed by atoms with E-state index in [1.54, 1.807) is 25.3 Å². The Hall–Kier alpha value is -3.42. The van der Waals surface area contributed by atoms with E-state index in [-0.39, 0.29) is 11.9 Å². The van der Waals surface area contributed by atoms with Crippen LogP contribution in [0.1, 0.15) is 26.7 Å². The molecule has 9 heteroatoms. The predicted molar refractivity (Wildman–Crippen MR) is 144 cm³/mol. The highest BCUT2D eigenvalue weighted by molar-refractivity contribution is 6.42. The van der Waals surface area contributed by atoms with Gasteiger partial charge >= 0.3 is 0 Å². The number of rotatable bonds is 5. The summed E-state index contributed by atoms with van der Waals surface area (Å²) >= 11 is 12.6. The summed E-state index contributed by atoms with van der Waals surface area (Å²) in [7, 11) is 1.60. The smallest absolute Gasteiger partial charge is 0.232 e. The van der Waals surface area contributed by atoms with Crippen molar-refractivity contribution in [1.29, 1.82) is 0 Å². The molecule has 0 saturated heterocycles. The average Bonchev–Trinajstić information content (AvgIpc) is 2.85. The van der Waals surface area contributed by atoms with Crippen molar-refractivity contribution in [2.45, 2.75) is 32.7 Å². The van der Waals surface area contributed by atoms with Gasteiger partial charge in [0.25, 0.3) is 0 Å². The Labute approximate surface area is 218 Å². The second kappa shape index (κ2) is 9.91. The number of halogens is 3. The van der Waals surface area contributed by atoms with E-state index in [0.29, 0.717) is 32.7 Å². The monoisotopic (exact) mass is 523 g/mol. The minimum Gasteiger partial charge on any atom is -0.480 e. The molecule has 0 spiro atoms. The number of anilines is 1. The van der Waals surface area contributed by atoms with Gasteiger partial charge in [0.15, 0.2) is 0 Å². The first-order chi connectivity index (χ1) is 17.3. The standard InChI is InChI=1S/C27H24Cl2FN5O/c1-15(2)32-23-14-26-24(13-22(23)34-21-5-4-10-31-27(21)36-3)33-20-9-6-16(30)11-25(20)35(26)17-7-8-18(28)19(29)12-17/h6-15,34H,4-5H2,1-3H3. The number of allylic oxidation sites excluding steroid dienone is 1. The Morgan fingerprint density at radius 3 is 2.67 bits per heavy atom. The van der Waals surface area contributed by atoms with Gasteiger partial charge in [0.05, 0.1) is 56.3 Å². The molecule has 1 N–H and O–H groups in total. The van der Waals surface area contributed by atoms with Crippen LogP contribution in [0.3, 0.4) is 0 Å². The Bertz CT molecular complexity index is 1570. The first kappa shape index (κ1) is 24.3. The van der Waals surface area contributed by atoms with Gasteiger partial charge in [-0.2, -0.15) is 0 Å². The van der Waals surface area contributed by atoms with E-state index < -0.39 is 0 Å². The van der Waals surface area contributed by atoms with Crippen molar-refractivity contribution in [3.63, 3.8) is 0 Å². The minimum absolute atomic E-state index is 0.0348. The highest BCUT2D eigenvalue weighted by atomic mass is 35.5. The maximum absolute atomic E-state index is 14.4. The lowest BCUT2D eigenvalue weighted by atomic mass is 10.1. The predicted octanol–water partition coefficient (Wildman–Crippen LogP) is 6.98. The number of hydrogen-bond donors (Lipinski definition) is 1. The number of fused-ring (bicyclic) bond motifs is 2. The number of ether oxygens (including phenoxy) is 1. The van der Waals surface area contributed by atoms with Crippen LogP contribution in [0.15, 0.2) is 70.1 Å². The molecule has 0 amide bonds. The fraction of sp³-hybridized carbons (Fsp3) is 0.222. The fourth-order valence-electron chi connectivity index (χ4n) is 4.25. The number of nitrogens with one attached hydrogen (secondary N) is 1. The molecule has 5 rings (SSSR count). The molecule has 36 heavy (non-hydrogen) atoms. The maximum Gasteiger partial charge on any atom is 0.232 e. The molecule has 2 aliphatic heterocycles. The summed E-state index contributed by atoms with van der Waals surface area (Å²) in [4.78, 5) is 14.1. The summed E-state index contributed by atoms with van der Waals surface area (Å²) in [6.07, 6.45) is 3.42. The largest absolute Gasteiger partial charge is 0.480 e. The number of aliphatic imine (C=N–C) groups is 1. The van der Waals surface area contributed by atoms with Crippen molar-refractivity contribution < 1.29 is 9.13 Å². The Morgan fingerprint density at radius 2 is 1.92 bits per heavy atom. The molecule has 0 fully saturated rings. The molecule has 2 aromatic carbocycles. The third kappa shape index (κ3) is 4.68. The second-order valence-electron chi connectivity index (χ2n) is 8.72. The van der Waals surface area contributed by atoms with Gasteiger partial charge in [-0.3, -0.25) is 4.99 Å². The van der Waals surface area contributed by atoms with Gasteiger partial charge < -0.3 is 14.6 Å². The van der Waals surface area contributed by atoms with E-state index in [9.17, 15) is 4.39 Å². The van der Waals surface area contributed by atoms with Gasteiger partial charge in [0.1, 0.15) is 5.82 Å². The SMILES string of the molecule is COC1=C(Nc2cc3nc4ccc(F)cc4n(-c4ccc(Cl)c(Cl)c4)c-3cc2=NC(C)C)CCC=N1. The topological polar surface area (TPSA) is 63.8 Å². The van der Waals surface area contributed by atoms with Crippen LogP contribution in [-0.4, -0.2) is 28.9 Å². The molecular formula is C27H24Cl2FN5O. The van der Waals surface area contributed by atoms with Crippen molar-refractivity contribution in [3.05, 3.63) is 81.3 Å². The summed E-state index contributed by atoms with van der Waals surface area (Å²) in [6, 6.07) is 13.8. The zero-order valence-electron chi connectivity index (χ0n) is 20.0. The molecule has 0 saturated carbocycles. The summed E-state index contributed by atoms with van der Waals surface area (Å²) in [5, 5.41) is 5.06. The zero-order valence-corrected chi connectivity index (χ0v) is 21.5. The average molecular weight is 524 g/mol. The number of aromatic nitrogens is 2. The van der Waals surface area contributed by atoms with Crippen molar-refractivity contribution in [2.75, 3.05) is 12.4 Å². The zero-order chi connectivity index (χ0) is 25.4. The van der Waals surface area contributed by atoms with Crippen LogP contribution >= 0.6 is 23.2 Å². The van der Waals surface area contributed by atoms with Crippen molar-refractivity contribution in [3.8, 4) is 17.1 Å². The van der Waals surface area contributed by atoms with E-state index in [2.05, 4.69) is 10.3 Å². The number of hydrogen-bond acceptors (Lipinski definition) is 5. The third-order valence-electron chi connectivity index (χ3n) is 5.78. The first-order valence-corrected chi connectivity index (χ1v) is 12.3. The van der Waals surface area contributed by atoms with E-state index in [1.165, 1.54) is 12.1 Å². The van der Waals surface area contributed by atoms with Crippen LogP contribution < -0.4 is 10.7 Å². The van der Waals surface area contributed by atoms with Crippen molar-refractivity contribution in [1.82, 2.24) is 9.55 Å². The lowest BCUT2D eigenvalue weighted by Gasteiger charge is -2.22. The van der Waals surface area contributed by atoms with E-state index in [1.807, 2.05) is 42.8 Å². The van der Waals surface area contributed by atoms with Crippen molar-refractivity contribution >= 4 is 46.1 Å². The van der Waals surface area contributed by atoms with Crippen LogP contribution in [0.25, 0.3) is 28.1 Å². The highest BCUT2D eigenvalue weighted by Crippen LogP contribution is 2.33. The summed E-state index contributed by atoms with van der Waals surface area (Å²) in [6.45, 7) is 4.03. The summed E-state index contributed by atoms with van der Waals surface area (Å²) in [5.74, 6) is 0.185. The molecule has 0 atom stereocenters. The molecule has 184 valence electrons. The quantitative estimate of drug-likeness (QED) is 0.287. The third-order valence-corrected chi connectivity index (χ3v) is 6.52. The number of methoxy groups -OCH3 is 1. The van der Waals surface area contributed by atoms with E-state index in [0.717, 1.165) is 41.0 Å². The Kier molecular flexibility index (Phi) is 6.69. The highest BCUT2D eigenvalue weighted by Gasteiger charge is 2.19. The number of nitrogens with zero attached hydrogens (tertiary/aromatic N) is 4. The van der Waals surface area contributed by atoms with Crippen LogP contribution in [0.2, 0.25) is 10.0 Å². The van der Waals surface area contributed by atoms with Crippen LogP contribution in [-0.2, 0) is 4.74 Å². The molecular weight excluding hydrogens is 500 g/mol. The van der Waals surface area contributed by atoms with Gasteiger partial charge in [-0.15, -0.1) is 0 Å². The van der Waals surface area contributed by atoms with E-state index >= 15 is 0 Å². The Balaban J connectivity index is 1.83. The molecule has 0 aromatic heterocycles. The fourth-order valence-corrected chi connectivity index (χ4v) is 4.54. The molecule has 1 aliphatic carbocycles. The van der Waals surface area contributed by atoms with Gasteiger partial charge in [-0.25, -0.2) is 14.4 Å². The van der Waals surface area contributed by atoms with Gasteiger partial charge in [0, 0.05) is 24.0 Å². The molecule has 3 aliphatic rings. The summed E-state index contributed by atoms with van der Waals surface area (Å²) < 4.78 is 21.8. The molecule has 6 nitrogen and oxygen atoms in total. The second-order valence-corrected chi connectivity index (χ2v) is 9.54. The molecule has 0 unspecified atom stereocenters. The molecule has 2 aromatic rings. The van der Waals surface area contributed by atoms with Crippen LogP contribution in [0.4, 0.5) is 10.1 Å². The molecule has 0 bridgehead atoms. The van der Waals surface area contributed by atoms with Crippen LogP contribution in [0, 0.1) is 5.82 Å². The summed E-state index contributed by atoms with van der Waals surface area (Å²) in [5.41, 5.74) is 5.07. The van der Waals surface area contributed by atoms with Gasteiger partial charge in [-0.1, -0.05) is 23.2 Å². The van der Waals surface area contributed by atoms with Gasteiger partial charge in [0.2, 0.25) is 5.88 Å². The molecule has 2 heterocycles. The van der Waals surface area contributed by atoms with Crippen molar-refractivity contribution in [2.24, 2.45) is 9.98 Å². The van der Waals surface area contributed by atoms with E-state index in [4.69, 9.17) is 37.9 Å². The normalized spacial score (nSPS) is 14.4. The van der Waals surface area contributed by atoms with Gasteiger partial charge in [-0.05, 0) is 69.2 Å². The lowest BCUT2D eigenvalue weighted by molar-refractivity contribution is 0.281. The first-order valence-electron chi connectivity index (χ1n) is 11.6. The lowest BCUT2D eigenvalue weighted by Crippen LogP contribution is -2.19. The maximum atomic E-state index is 14.4. The van der Waals surface area contributed by atoms with Crippen LogP contribution in [0.5, 0.6) is 0 Å². The number of benzene rings is 3. The Morgan fingerprint density at radius 1 is 1.08 bits per heavy atom. The minimum atomic E-state index is -0.361.